The first-order valence-corrected chi connectivity index (χ1v) is 3.87. The molecule has 0 aliphatic heterocycles. The molecule has 0 fully saturated rings. The molecule has 3 heteroatoms. The number of rotatable bonds is 3. The van der Waals surface area contributed by atoms with Gasteiger partial charge in [0, 0.05) is 25.7 Å². The molecule has 1 aromatic heterocycles. The van der Waals surface area contributed by atoms with Crippen molar-refractivity contribution in [2.45, 2.75) is 13.3 Å². The molecule has 0 aliphatic carbocycles. The summed E-state index contributed by atoms with van der Waals surface area (Å²) in [5.74, 6) is 0. The molecule has 1 rings (SSSR count). The second-order valence-electron chi connectivity index (χ2n) is 2.74. The van der Waals surface area contributed by atoms with Gasteiger partial charge in [-0.05, 0) is 14.0 Å². The highest BCUT2D eigenvalue weighted by atomic mass is 15.0. The minimum absolute atomic E-state index is 0.998. The molecule has 0 aromatic carbocycles. The molecule has 0 amide bonds. The lowest BCUT2D eigenvalue weighted by Crippen LogP contribution is -2.11. The summed E-state index contributed by atoms with van der Waals surface area (Å²) in [4.78, 5) is 4.28. The highest BCUT2D eigenvalue weighted by molar-refractivity contribution is 5.10. The second kappa shape index (κ2) is 3.53. The Morgan fingerprint density at radius 1 is 1.64 bits per heavy atom. The lowest BCUT2D eigenvalue weighted by atomic mass is 10.2. The zero-order valence-corrected chi connectivity index (χ0v) is 7.39. The van der Waals surface area contributed by atoms with Gasteiger partial charge in [0.1, 0.15) is 0 Å². The number of imidazole rings is 1. The predicted molar refractivity (Wildman–Crippen MR) is 45.6 cm³/mol. The number of hydrogen-bond donors (Lipinski definition) is 1. The van der Waals surface area contributed by atoms with Crippen molar-refractivity contribution in [1.82, 2.24) is 14.9 Å². The van der Waals surface area contributed by atoms with Gasteiger partial charge in [0.15, 0.2) is 0 Å². The van der Waals surface area contributed by atoms with Crippen molar-refractivity contribution in [3.05, 3.63) is 17.7 Å². The van der Waals surface area contributed by atoms with Crippen LogP contribution < -0.4 is 5.32 Å². The van der Waals surface area contributed by atoms with Crippen LogP contribution in [0.25, 0.3) is 0 Å². The summed E-state index contributed by atoms with van der Waals surface area (Å²) in [6, 6.07) is 0. The molecule has 0 saturated carbocycles. The van der Waals surface area contributed by atoms with Crippen LogP contribution in [0.15, 0.2) is 6.33 Å². The molecule has 0 spiro atoms. The average molecular weight is 153 g/mol. The van der Waals surface area contributed by atoms with Gasteiger partial charge in [0.25, 0.3) is 0 Å². The minimum atomic E-state index is 0.998. The van der Waals surface area contributed by atoms with Crippen molar-refractivity contribution in [3.63, 3.8) is 0 Å². The first-order chi connectivity index (χ1) is 5.25. The average Bonchev–Trinajstić information content (AvgIpc) is 2.31. The fourth-order valence-corrected chi connectivity index (χ4v) is 1.03. The minimum Gasteiger partial charge on any atom is -0.338 e. The van der Waals surface area contributed by atoms with E-state index in [0.717, 1.165) is 13.0 Å². The lowest BCUT2D eigenvalue weighted by Gasteiger charge is -1.98. The smallest absolute Gasteiger partial charge is 0.0948 e. The van der Waals surface area contributed by atoms with Gasteiger partial charge in [-0.2, -0.15) is 0 Å². The first kappa shape index (κ1) is 8.27. The molecular weight excluding hydrogens is 138 g/mol. The van der Waals surface area contributed by atoms with Crippen LogP contribution in [-0.2, 0) is 13.5 Å². The van der Waals surface area contributed by atoms with Crippen LogP contribution in [-0.4, -0.2) is 23.1 Å². The van der Waals surface area contributed by atoms with E-state index in [0.29, 0.717) is 0 Å². The van der Waals surface area contributed by atoms with Crippen LogP contribution >= 0.6 is 0 Å². The van der Waals surface area contributed by atoms with Gasteiger partial charge >= 0.3 is 0 Å². The van der Waals surface area contributed by atoms with Crippen LogP contribution in [0.4, 0.5) is 0 Å². The number of nitrogens with zero attached hydrogens (tertiary/aromatic N) is 2. The zero-order valence-electron chi connectivity index (χ0n) is 7.39. The Bertz CT molecular complexity index is 227. The summed E-state index contributed by atoms with van der Waals surface area (Å²) in [5, 5.41) is 3.10. The van der Waals surface area contributed by atoms with Gasteiger partial charge in [-0.3, -0.25) is 0 Å². The van der Waals surface area contributed by atoms with Crippen LogP contribution in [0.2, 0.25) is 0 Å². The number of aromatic nitrogens is 2. The molecule has 1 heterocycles. The highest BCUT2D eigenvalue weighted by Crippen LogP contribution is 2.03. The molecule has 0 bridgehead atoms. The van der Waals surface area contributed by atoms with E-state index in [1.807, 2.05) is 25.0 Å². The molecule has 62 valence electrons. The third kappa shape index (κ3) is 1.80. The summed E-state index contributed by atoms with van der Waals surface area (Å²) in [7, 11) is 3.98. The standard InChI is InChI=1S/C8H15N3/c1-7-8(4-5-9-2)10-6-11(7)3/h6,9H,4-5H2,1-3H3. The van der Waals surface area contributed by atoms with E-state index in [1.165, 1.54) is 11.4 Å². The normalized spacial score (nSPS) is 10.5. The maximum Gasteiger partial charge on any atom is 0.0948 e. The third-order valence-electron chi connectivity index (χ3n) is 1.95. The van der Waals surface area contributed by atoms with E-state index in [4.69, 9.17) is 0 Å². The van der Waals surface area contributed by atoms with E-state index in [2.05, 4.69) is 17.2 Å². The van der Waals surface area contributed by atoms with E-state index in [9.17, 15) is 0 Å². The Kier molecular flexibility index (Phi) is 2.65. The number of hydrogen-bond acceptors (Lipinski definition) is 2. The third-order valence-corrected chi connectivity index (χ3v) is 1.95. The Morgan fingerprint density at radius 2 is 2.36 bits per heavy atom. The summed E-state index contributed by atoms with van der Waals surface area (Å²) < 4.78 is 2.05. The molecule has 0 unspecified atom stereocenters. The van der Waals surface area contributed by atoms with E-state index < -0.39 is 0 Å². The Balaban J connectivity index is 2.63. The Hall–Kier alpha value is -0.830. The van der Waals surface area contributed by atoms with Crippen molar-refractivity contribution in [2.75, 3.05) is 13.6 Å². The lowest BCUT2D eigenvalue weighted by molar-refractivity contribution is 0.772. The molecule has 0 saturated heterocycles. The molecule has 0 aliphatic rings. The van der Waals surface area contributed by atoms with Crippen molar-refractivity contribution >= 4 is 0 Å². The van der Waals surface area contributed by atoms with Crippen molar-refractivity contribution in [3.8, 4) is 0 Å². The SMILES string of the molecule is CNCCc1ncn(C)c1C. The Morgan fingerprint density at radius 3 is 2.82 bits per heavy atom. The maximum atomic E-state index is 4.28. The van der Waals surface area contributed by atoms with Gasteiger partial charge in [-0.15, -0.1) is 0 Å². The van der Waals surface area contributed by atoms with Crippen LogP contribution in [0.3, 0.4) is 0 Å². The highest BCUT2D eigenvalue weighted by Gasteiger charge is 2.01. The largest absolute Gasteiger partial charge is 0.338 e. The van der Waals surface area contributed by atoms with Gasteiger partial charge in [0.2, 0.25) is 0 Å². The van der Waals surface area contributed by atoms with Crippen LogP contribution in [0.1, 0.15) is 11.4 Å². The number of likely N-dealkylation sites (N-methyl/N-ethyl adjacent to an activating group) is 1. The molecule has 0 radical (unpaired) electrons. The number of aryl methyl sites for hydroxylation is 1. The topological polar surface area (TPSA) is 29.9 Å². The molecule has 0 atom stereocenters. The van der Waals surface area contributed by atoms with Gasteiger partial charge in [0.05, 0.1) is 12.0 Å². The van der Waals surface area contributed by atoms with Crippen molar-refractivity contribution < 1.29 is 0 Å². The summed E-state index contributed by atoms with van der Waals surface area (Å²) in [5.41, 5.74) is 2.46. The Labute approximate surface area is 67.4 Å². The fourth-order valence-electron chi connectivity index (χ4n) is 1.03. The molecule has 1 aromatic rings. The van der Waals surface area contributed by atoms with Crippen molar-refractivity contribution in [2.24, 2.45) is 7.05 Å². The monoisotopic (exact) mass is 153 g/mol. The van der Waals surface area contributed by atoms with Gasteiger partial charge < -0.3 is 9.88 Å². The van der Waals surface area contributed by atoms with Gasteiger partial charge in [-0.25, -0.2) is 4.98 Å². The summed E-state index contributed by atoms with van der Waals surface area (Å²) in [6.45, 7) is 3.09. The first-order valence-electron chi connectivity index (χ1n) is 3.87. The van der Waals surface area contributed by atoms with E-state index >= 15 is 0 Å². The quantitative estimate of drug-likeness (QED) is 0.685. The fraction of sp³-hybridized carbons (Fsp3) is 0.625. The molecule has 1 N–H and O–H groups in total. The van der Waals surface area contributed by atoms with Crippen LogP contribution in [0, 0.1) is 6.92 Å². The predicted octanol–water partition coefficient (Wildman–Crippen LogP) is 0.490. The number of nitrogens with one attached hydrogen (secondary N) is 1. The van der Waals surface area contributed by atoms with Crippen molar-refractivity contribution in [1.29, 1.82) is 0 Å². The summed E-state index contributed by atoms with van der Waals surface area (Å²) in [6.07, 6.45) is 2.88. The molecule has 11 heavy (non-hydrogen) atoms. The second-order valence-corrected chi connectivity index (χ2v) is 2.74. The molecule has 3 nitrogen and oxygen atoms in total. The van der Waals surface area contributed by atoms with Gasteiger partial charge in [-0.1, -0.05) is 0 Å². The van der Waals surface area contributed by atoms with E-state index in [-0.39, 0.29) is 0 Å². The molecular formula is C8H15N3. The zero-order chi connectivity index (χ0) is 8.27. The summed E-state index contributed by atoms with van der Waals surface area (Å²) >= 11 is 0. The van der Waals surface area contributed by atoms with Crippen LogP contribution in [0.5, 0.6) is 0 Å². The van der Waals surface area contributed by atoms with E-state index in [1.54, 1.807) is 0 Å². The maximum absolute atomic E-state index is 4.28.